The number of amides is 1. The Morgan fingerprint density at radius 2 is 1.72 bits per heavy atom. The van der Waals surface area contributed by atoms with Crippen LogP contribution in [0.3, 0.4) is 0 Å². The number of anilines is 2. The molecular formula is C20H21ClN4O3S. The molecule has 0 aliphatic rings. The molecule has 1 heterocycles. The first kappa shape index (κ1) is 20.9. The lowest BCUT2D eigenvalue weighted by molar-refractivity contribution is -0.116. The molecule has 1 N–H and O–H groups in total. The Morgan fingerprint density at radius 3 is 2.28 bits per heavy atom. The molecule has 1 aromatic heterocycles. The van der Waals surface area contributed by atoms with Gasteiger partial charge in [0.2, 0.25) is 5.91 Å². The predicted octanol–water partition coefficient (Wildman–Crippen LogP) is 3.31. The molecule has 0 spiro atoms. The van der Waals surface area contributed by atoms with Gasteiger partial charge in [-0.05, 0) is 42.0 Å². The maximum atomic E-state index is 12.4. The number of nitrogens with one attached hydrogen (secondary N) is 1. The number of aromatic nitrogens is 2. The van der Waals surface area contributed by atoms with Crippen LogP contribution in [0.2, 0.25) is 5.02 Å². The van der Waals surface area contributed by atoms with E-state index in [9.17, 15) is 13.2 Å². The van der Waals surface area contributed by atoms with Crippen LogP contribution in [0.5, 0.6) is 0 Å². The summed E-state index contributed by atoms with van der Waals surface area (Å²) < 4.78 is 24.6. The highest BCUT2D eigenvalue weighted by atomic mass is 35.5. The average Bonchev–Trinajstić information content (AvgIpc) is 3.06. The van der Waals surface area contributed by atoms with Crippen molar-refractivity contribution in [3.05, 3.63) is 59.8 Å². The molecule has 3 rings (SSSR count). The Balaban J connectivity index is 1.76. The molecule has 0 unspecified atom stereocenters. The number of rotatable bonds is 6. The maximum Gasteiger partial charge on any atom is 0.246 e. The summed E-state index contributed by atoms with van der Waals surface area (Å²) >= 11 is 5.97. The van der Waals surface area contributed by atoms with E-state index in [2.05, 4.69) is 10.4 Å². The van der Waals surface area contributed by atoms with Crippen molar-refractivity contribution >= 4 is 38.9 Å². The van der Waals surface area contributed by atoms with Gasteiger partial charge in [-0.3, -0.25) is 9.48 Å². The molecule has 152 valence electrons. The van der Waals surface area contributed by atoms with E-state index < -0.39 is 9.84 Å². The molecule has 0 fully saturated rings. The van der Waals surface area contributed by atoms with Crippen molar-refractivity contribution in [2.24, 2.45) is 0 Å². The topological polar surface area (TPSA) is 84.3 Å². The summed E-state index contributed by atoms with van der Waals surface area (Å²) in [6.07, 6.45) is 2.95. The highest BCUT2D eigenvalue weighted by Crippen LogP contribution is 2.29. The molecule has 9 heteroatoms. The number of nitrogens with zero attached hydrogens (tertiary/aromatic N) is 3. The van der Waals surface area contributed by atoms with Gasteiger partial charge in [0.05, 0.1) is 4.90 Å². The molecule has 2 aromatic carbocycles. The Bertz CT molecular complexity index is 1120. The normalized spacial score (nSPS) is 11.3. The Kier molecular flexibility index (Phi) is 5.95. The van der Waals surface area contributed by atoms with E-state index in [1.54, 1.807) is 28.9 Å². The molecule has 0 saturated heterocycles. The van der Waals surface area contributed by atoms with Crippen molar-refractivity contribution in [1.82, 2.24) is 9.78 Å². The zero-order valence-corrected chi connectivity index (χ0v) is 17.8. The van der Waals surface area contributed by atoms with Crippen molar-refractivity contribution in [3.8, 4) is 11.1 Å². The van der Waals surface area contributed by atoms with Crippen molar-refractivity contribution in [2.45, 2.75) is 11.4 Å². The highest BCUT2D eigenvalue weighted by molar-refractivity contribution is 7.90. The SMILES string of the molecule is CN(C)c1nn(CC(=O)Nc2ccc(S(C)(=O)=O)cc2)cc1-c1ccc(Cl)cc1. The first-order valence-corrected chi connectivity index (χ1v) is 11.0. The lowest BCUT2D eigenvalue weighted by Gasteiger charge is -2.11. The Hall–Kier alpha value is -2.84. The van der Waals surface area contributed by atoms with Gasteiger partial charge in [-0.1, -0.05) is 23.7 Å². The van der Waals surface area contributed by atoms with Crippen molar-refractivity contribution in [1.29, 1.82) is 0 Å². The third kappa shape index (κ3) is 5.16. The van der Waals surface area contributed by atoms with Crippen LogP contribution >= 0.6 is 11.6 Å². The number of carbonyl (C=O) groups is 1. The number of hydrogen-bond donors (Lipinski definition) is 1. The zero-order valence-electron chi connectivity index (χ0n) is 16.3. The van der Waals surface area contributed by atoms with Crippen LogP contribution in [0.4, 0.5) is 11.5 Å². The zero-order chi connectivity index (χ0) is 21.2. The lowest BCUT2D eigenvalue weighted by Crippen LogP contribution is -2.19. The largest absolute Gasteiger partial charge is 0.361 e. The molecule has 0 atom stereocenters. The van der Waals surface area contributed by atoms with Crippen molar-refractivity contribution in [3.63, 3.8) is 0 Å². The summed E-state index contributed by atoms with van der Waals surface area (Å²) in [7, 11) is 0.493. The molecular weight excluding hydrogens is 412 g/mol. The van der Waals surface area contributed by atoms with E-state index >= 15 is 0 Å². The third-order valence-electron chi connectivity index (χ3n) is 4.19. The minimum absolute atomic E-state index is 0.0161. The minimum atomic E-state index is -3.28. The molecule has 3 aromatic rings. The van der Waals surface area contributed by atoms with Crippen LogP contribution in [-0.4, -0.2) is 44.5 Å². The van der Waals surface area contributed by atoms with Gasteiger partial charge < -0.3 is 10.2 Å². The highest BCUT2D eigenvalue weighted by Gasteiger charge is 2.15. The van der Waals surface area contributed by atoms with Crippen LogP contribution < -0.4 is 10.2 Å². The predicted molar refractivity (Wildman–Crippen MR) is 115 cm³/mol. The number of benzene rings is 2. The molecule has 0 bridgehead atoms. The monoisotopic (exact) mass is 432 g/mol. The summed E-state index contributed by atoms with van der Waals surface area (Å²) in [5, 5.41) is 7.90. The number of hydrogen-bond acceptors (Lipinski definition) is 5. The van der Waals surface area contributed by atoms with E-state index in [1.807, 2.05) is 37.3 Å². The van der Waals surface area contributed by atoms with Gasteiger partial charge in [-0.15, -0.1) is 0 Å². The molecule has 1 amide bonds. The minimum Gasteiger partial charge on any atom is -0.361 e. The van der Waals surface area contributed by atoms with Gasteiger partial charge in [-0.2, -0.15) is 5.10 Å². The summed E-state index contributed by atoms with van der Waals surface area (Å²) in [5.74, 6) is 0.463. The molecule has 0 aliphatic heterocycles. The molecule has 29 heavy (non-hydrogen) atoms. The third-order valence-corrected chi connectivity index (χ3v) is 5.57. The van der Waals surface area contributed by atoms with Gasteiger partial charge >= 0.3 is 0 Å². The van der Waals surface area contributed by atoms with Crippen LogP contribution in [0.15, 0.2) is 59.6 Å². The van der Waals surface area contributed by atoms with Crippen LogP contribution in [0.1, 0.15) is 0 Å². The van der Waals surface area contributed by atoms with E-state index in [0.717, 1.165) is 23.2 Å². The fourth-order valence-electron chi connectivity index (χ4n) is 2.79. The fraction of sp³-hybridized carbons (Fsp3) is 0.200. The summed E-state index contributed by atoms with van der Waals surface area (Å²) in [6, 6.07) is 13.5. The van der Waals surface area contributed by atoms with Crippen molar-refractivity contribution < 1.29 is 13.2 Å². The van der Waals surface area contributed by atoms with Gasteiger partial charge in [0.25, 0.3) is 0 Å². The van der Waals surface area contributed by atoms with E-state index in [4.69, 9.17) is 11.6 Å². The number of halogens is 1. The van der Waals surface area contributed by atoms with Crippen LogP contribution in [0.25, 0.3) is 11.1 Å². The fourth-order valence-corrected chi connectivity index (χ4v) is 3.55. The van der Waals surface area contributed by atoms with Crippen molar-refractivity contribution in [2.75, 3.05) is 30.6 Å². The van der Waals surface area contributed by atoms with Gasteiger partial charge in [0, 0.05) is 42.8 Å². The smallest absolute Gasteiger partial charge is 0.246 e. The van der Waals surface area contributed by atoms with Gasteiger partial charge in [0.15, 0.2) is 15.7 Å². The summed E-state index contributed by atoms with van der Waals surface area (Å²) in [5.41, 5.74) is 2.35. The standard InChI is InChI=1S/C20H21ClN4O3S/c1-24(2)20-18(14-4-6-15(21)7-5-14)12-25(23-20)13-19(26)22-16-8-10-17(11-9-16)29(3,27)28/h4-12H,13H2,1-3H3,(H,22,26). The lowest BCUT2D eigenvalue weighted by atomic mass is 10.1. The molecule has 0 radical (unpaired) electrons. The first-order valence-electron chi connectivity index (χ1n) is 8.74. The second-order valence-corrected chi connectivity index (χ2v) is 9.26. The maximum absolute atomic E-state index is 12.4. The Morgan fingerprint density at radius 1 is 1.10 bits per heavy atom. The quantitative estimate of drug-likeness (QED) is 0.646. The second kappa shape index (κ2) is 8.26. The van der Waals surface area contributed by atoms with Gasteiger partial charge in [-0.25, -0.2) is 8.42 Å². The summed E-state index contributed by atoms with van der Waals surface area (Å²) in [6.45, 7) is 0.0161. The van der Waals surface area contributed by atoms with Crippen LogP contribution in [0, 0.1) is 0 Å². The second-order valence-electron chi connectivity index (χ2n) is 6.81. The van der Waals surface area contributed by atoms with Crippen LogP contribution in [-0.2, 0) is 21.2 Å². The molecule has 0 saturated carbocycles. The van der Waals surface area contributed by atoms with E-state index in [1.165, 1.54) is 12.1 Å². The number of sulfone groups is 1. The van der Waals surface area contributed by atoms with E-state index in [-0.39, 0.29) is 17.3 Å². The first-order chi connectivity index (χ1) is 13.6. The van der Waals surface area contributed by atoms with Gasteiger partial charge in [0.1, 0.15) is 6.54 Å². The Labute approximate surface area is 174 Å². The number of carbonyl (C=O) groups excluding carboxylic acids is 1. The average molecular weight is 433 g/mol. The molecule has 0 aliphatic carbocycles. The molecule has 7 nitrogen and oxygen atoms in total. The summed E-state index contributed by atoms with van der Waals surface area (Å²) in [4.78, 5) is 14.5. The van der Waals surface area contributed by atoms with E-state index in [0.29, 0.717) is 10.7 Å².